The second kappa shape index (κ2) is 10.8. The predicted octanol–water partition coefficient (Wildman–Crippen LogP) is 2.07. The molecule has 2 aromatic carbocycles. The molecule has 0 aliphatic carbocycles. The van der Waals surface area contributed by atoms with Gasteiger partial charge < -0.3 is 20.0 Å². The molecule has 1 aromatic heterocycles. The van der Waals surface area contributed by atoms with Crippen LogP contribution in [-0.2, 0) is 14.6 Å². The molecule has 0 spiro atoms. The molecule has 3 N–H and O–H groups in total. The van der Waals surface area contributed by atoms with Gasteiger partial charge in [-0.15, -0.1) is 0 Å². The highest BCUT2D eigenvalue weighted by molar-refractivity contribution is 5.84. The maximum atomic E-state index is 12.1. The van der Waals surface area contributed by atoms with Crippen LogP contribution >= 0.6 is 0 Å². The van der Waals surface area contributed by atoms with Crippen LogP contribution in [0.3, 0.4) is 0 Å². The Kier molecular flexibility index (Phi) is 7.17. The Morgan fingerprint density at radius 3 is 2.64 bits per heavy atom. The van der Waals surface area contributed by atoms with E-state index >= 15 is 0 Å². The molecule has 2 aliphatic rings. The van der Waals surface area contributed by atoms with Crippen molar-refractivity contribution in [1.29, 1.82) is 0 Å². The normalized spacial score (nSPS) is 18.2. The maximum Gasteiger partial charge on any atom is 0.239 e. The first-order valence-electron chi connectivity index (χ1n) is 11.8. The number of amides is 1. The van der Waals surface area contributed by atoms with E-state index < -0.39 is 18.1 Å². The summed E-state index contributed by atoms with van der Waals surface area (Å²) >= 11 is 0. The van der Waals surface area contributed by atoms with Gasteiger partial charge in [-0.3, -0.25) is 24.4 Å². The van der Waals surface area contributed by atoms with Gasteiger partial charge >= 0.3 is 0 Å². The Labute approximate surface area is 208 Å². The minimum absolute atomic E-state index is 0.147. The van der Waals surface area contributed by atoms with E-state index in [1.54, 1.807) is 12.1 Å². The van der Waals surface area contributed by atoms with E-state index in [4.69, 9.17) is 19.8 Å². The van der Waals surface area contributed by atoms with Crippen LogP contribution in [0, 0.1) is 0 Å². The number of hydrogen-bond donors (Lipinski definition) is 2. The van der Waals surface area contributed by atoms with Crippen molar-refractivity contribution in [3.63, 3.8) is 0 Å². The fraction of sp³-hybridized carbons (Fsp3) is 0.308. The standard InChI is InChI=1S/C26H28N4O6/c27-25(32)24(19-8-13-34-35-16-19)30-11-9-29(10-12-30)15-20(31)17-33-21-6-7-23-22(14-21)28-26(36-23)18-4-2-1-3-5-18/h1-8,13-14,16,20,24,31H,9-12,15,17H2,(H2,27,32)/t20-,24?/m1/s1. The lowest BCUT2D eigenvalue weighted by Gasteiger charge is -2.39. The fourth-order valence-corrected chi connectivity index (χ4v) is 4.42. The summed E-state index contributed by atoms with van der Waals surface area (Å²) in [6.45, 7) is 3.22. The van der Waals surface area contributed by atoms with Gasteiger partial charge in [0.15, 0.2) is 5.58 Å². The number of ether oxygens (including phenoxy) is 1. The molecule has 1 unspecified atom stereocenters. The summed E-state index contributed by atoms with van der Waals surface area (Å²) in [7, 11) is 0. The smallest absolute Gasteiger partial charge is 0.239 e. The van der Waals surface area contributed by atoms with E-state index in [9.17, 15) is 9.90 Å². The number of β-amino-alcohol motifs (C(OH)–C–C–N with tert-alkyl or cyclic N) is 1. The summed E-state index contributed by atoms with van der Waals surface area (Å²) in [4.78, 5) is 30.3. The number of rotatable bonds is 9. The van der Waals surface area contributed by atoms with E-state index in [-0.39, 0.29) is 6.61 Å². The van der Waals surface area contributed by atoms with E-state index in [0.717, 1.165) is 5.56 Å². The monoisotopic (exact) mass is 492 g/mol. The number of nitrogens with two attached hydrogens (primary N) is 1. The molecule has 0 saturated carbocycles. The summed E-state index contributed by atoms with van der Waals surface area (Å²) in [6, 6.07) is 14.6. The number of piperazine rings is 1. The number of nitrogens with zero attached hydrogens (tertiary/aromatic N) is 3. The van der Waals surface area contributed by atoms with Gasteiger partial charge in [-0.1, -0.05) is 18.2 Å². The molecule has 0 bridgehead atoms. The number of primary amides is 1. The number of aromatic nitrogens is 1. The number of aliphatic hydroxyl groups excluding tert-OH is 1. The fourth-order valence-electron chi connectivity index (χ4n) is 4.42. The molecule has 3 aromatic rings. The molecule has 36 heavy (non-hydrogen) atoms. The summed E-state index contributed by atoms with van der Waals surface area (Å²) in [5.74, 6) is 0.721. The highest BCUT2D eigenvalue weighted by Gasteiger charge is 2.31. The highest BCUT2D eigenvalue weighted by atomic mass is 17.2. The van der Waals surface area contributed by atoms with Crippen molar-refractivity contribution >= 4 is 17.0 Å². The van der Waals surface area contributed by atoms with E-state index in [1.165, 1.54) is 12.5 Å². The Hall–Kier alpha value is -3.86. The van der Waals surface area contributed by atoms with Crippen molar-refractivity contribution in [3.05, 3.63) is 72.7 Å². The molecule has 5 rings (SSSR count). The number of oxazole rings is 1. The molecular weight excluding hydrogens is 464 g/mol. The number of carbonyl (C=O) groups excluding carboxylic acids is 1. The Balaban J connectivity index is 1.12. The first-order chi connectivity index (χ1) is 17.6. The Morgan fingerprint density at radius 1 is 1.11 bits per heavy atom. The molecule has 0 radical (unpaired) electrons. The van der Waals surface area contributed by atoms with Crippen molar-refractivity contribution < 1.29 is 28.8 Å². The van der Waals surface area contributed by atoms with Crippen LogP contribution in [0.5, 0.6) is 5.75 Å². The number of benzene rings is 2. The summed E-state index contributed by atoms with van der Waals surface area (Å²) < 4.78 is 11.7. The van der Waals surface area contributed by atoms with Crippen LogP contribution in [0.1, 0.15) is 0 Å². The largest absolute Gasteiger partial charge is 0.491 e. The molecule has 10 heteroatoms. The van der Waals surface area contributed by atoms with Crippen molar-refractivity contribution in [3.8, 4) is 17.2 Å². The van der Waals surface area contributed by atoms with Crippen LogP contribution in [0.2, 0.25) is 0 Å². The van der Waals surface area contributed by atoms with E-state index in [0.29, 0.717) is 61.0 Å². The predicted molar refractivity (Wildman–Crippen MR) is 131 cm³/mol. The molecule has 188 valence electrons. The minimum Gasteiger partial charge on any atom is -0.491 e. The van der Waals surface area contributed by atoms with E-state index in [2.05, 4.69) is 14.8 Å². The minimum atomic E-state index is -0.675. The molecule has 1 saturated heterocycles. The number of fused-ring (bicyclic) bond motifs is 1. The summed E-state index contributed by atoms with van der Waals surface area (Å²) in [5, 5.41) is 10.6. The van der Waals surface area contributed by atoms with Gasteiger partial charge in [-0.05, 0) is 30.3 Å². The molecule has 1 fully saturated rings. The zero-order chi connectivity index (χ0) is 24.9. The van der Waals surface area contributed by atoms with Crippen LogP contribution in [0.4, 0.5) is 0 Å². The van der Waals surface area contributed by atoms with Crippen molar-refractivity contribution in [2.75, 3.05) is 39.3 Å². The second-order valence-corrected chi connectivity index (χ2v) is 8.73. The summed E-state index contributed by atoms with van der Waals surface area (Å²) in [6.07, 6.45) is 3.76. The van der Waals surface area contributed by atoms with Crippen molar-refractivity contribution in [2.45, 2.75) is 12.1 Å². The van der Waals surface area contributed by atoms with Gasteiger partial charge in [0.2, 0.25) is 11.8 Å². The Bertz CT molecular complexity index is 1250. The van der Waals surface area contributed by atoms with Crippen LogP contribution in [0.25, 0.3) is 22.6 Å². The zero-order valence-corrected chi connectivity index (χ0v) is 19.7. The lowest BCUT2D eigenvalue weighted by Crippen LogP contribution is -2.55. The number of aliphatic hydroxyl groups is 1. The zero-order valence-electron chi connectivity index (χ0n) is 19.7. The van der Waals surface area contributed by atoms with Gasteiger partial charge in [0, 0.05) is 49.9 Å². The molecule has 2 aliphatic heterocycles. The topological polar surface area (TPSA) is 124 Å². The van der Waals surface area contributed by atoms with Crippen LogP contribution < -0.4 is 10.5 Å². The van der Waals surface area contributed by atoms with Gasteiger partial charge in [-0.2, -0.15) is 0 Å². The average Bonchev–Trinajstić information content (AvgIpc) is 3.33. The van der Waals surface area contributed by atoms with Crippen LogP contribution in [-0.4, -0.2) is 77.3 Å². The quantitative estimate of drug-likeness (QED) is 0.432. The van der Waals surface area contributed by atoms with Crippen molar-refractivity contribution in [2.24, 2.45) is 5.73 Å². The molecular formula is C26H28N4O6. The third-order valence-electron chi connectivity index (χ3n) is 6.20. The number of hydrogen-bond acceptors (Lipinski definition) is 9. The van der Waals surface area contributed by atoms with Gasteiger partial charge in [0.1, 0.15) is 42.5 Å². The molecule has 10 nitrogen and oxygen atoms in total. The van der Waals surface area contributed by atoms with Gasteiger partial charge in [0.25, 0.3) is 0 Å². The SMILES string of the molecule is NC(=O)C(C1=COOC=C1)N1CCN(C[C@@H](O)COc2ccc3oc(-c4ccccc4)nc3c2)CC1. The summed E-state index contributed by atoms with van der Waals surface area (Å²) in [5.41, 5.74) is 8.57. The lowest BCUT2D eigenvalue weighted by atomic mass is 10.0. The Morgan fingerprint density at radius 2 is 1.92 bits per heavy atom. The highest BCUT2D eigenvalue weighted by Crippen LogP contribution is 2.27. The van der Waals surface area contributed by atoms with Crippen LogP contribution in [0.15, 0.2) is 77.1 Å². The van der Waals surface area contributed by atoms with Gasteiger partial charge in [0.05, 0.1) is 0 Å². The second-order valence-electron chi connectivity index (χ2n) is 8.73. The first kappa shape index (κ1) is 23.9. The maximum absolute atomic E-state index is 12.1. The average molecular weight is 493 g/mol. The van der Waals surface area contributed by atoms with Crippen molar-refractivity contribution in [1.82, 2.24) is 14.8 Å². The molecule has 3 heterocycles. The molecule has 1 amide bonds. The lowest BCUT2D eigenvalue weighted by molar-refractivity contribution is -0.200. The first-order valence-corrected chi connectivity index (χ1v) is 11.8. The van der Waals surface area contributed by atoms with Gasteiger partial charge in [-0.25, -0.2) is 4.98 Å². The number of carbonyl (C=O) groups is 1. The third-order valence-corrected chi connectivity index (χ3v) is 6.20. The van der Waals surface area contributed by atoms with E-state index in [1.807, 2.05) is 47.4 Å². The molecule has 2 atom stereocenters. The third kappa shape index (κ3) is 5.51.